The topological polar surface area (TPSA) is 101 Å². The van der Waals surface area contributed by atoms with Crippen LogP contribution < -0.4 is 10.0 Å². The highest BCUT2D eigenvalue weighted by atomic mass is 32.2. The third-order valence-corrected chi connectivity index (χ3v) is 6.13. The van der Waals surface area contributed by atoms with E-state index < -0.39 is 14.9 Å². The van der Waals surface area contributed by atoms with Crippen LogP contribution in [-0.2, 0) is 10.0 Å². The Morgan fingerprint density at radius 1 is 1.30 bits per heavy atom. The highest BCUT2D eigenvalue weighted by molar-refractivity contribution is 7.89. The molecule has 1 aliphatic rings. The van der Waals surface area contributed by atoms with Gasteiger partial charge in [0.15, 0.2) is 0 Å². The quantitative estimate of drug-likeness (QED) is 0.629. The Bertz CT molecular complexity index is 710. The van der Waals surface area contributed by atoms with Gasteiger partial charge in [-0.15, -0.1) is 0 Å². The molecule has 0 unspecified atom stereocenters. The molecule has 1 aromatic rings. The van der Waals surface area contributed by atoms with Gasteiger partial charge in [0.25, 0.3) is 5.69 Å². The first-order valence-corrected chi connectivity index (χ1v) is 9.09. The Kier molecular flexibility index (Phi) is 5.07. The molecule has 8 heteroatoms. The first-order chi connectivity index (χ1) is 10.6. The van der Waals surface area contributed by atoms with Crippen LogP contribution in [0.25, 0.3) is 0 Å². The van der Waals surface area contributed by atoms with E-state index >= 15 is 0 Å². The lowest BCUT2D eigenvalue weighted by Crippen LogP contribution is -2.43. The second kappa shape index (κ2) is 6.54. The number of benzene rings is 1. The van der Waals surface area contributed by atoms with Gasteiger partial charge in [0.2, 0.25) is 10.0 Å². The fourth-order valence-electron chi connectivity index (χ4n) is 2.75. The van der Waals surface area contributed by atoms with Crippen LogP contribution in [-0.4, -0.2) is 33.0 Å². The number of nitrogens with zero attached hydrogens (tertiary/aromatic N) is 1. The van der Waals surface area contributed by atoms with E-state index in [2.05, 4.69) is 17.0 Å². The molecular weight excluding hydrogens is 318 g/mol. The van der Waals surface area contributed by atoms with Crippen LogP contribution in [0, 0.1) is 29.4 Å². The SMILES string of the molecule is Cc1cc([N+](=O)[O-])cc(S(=O)(=O)NCC2(C)CCNCC2)c1C. The van der Waals surface area contributed by atoms with E-state index in [0.29, 0.717) is 17.7 Å². The van der Waals surface area contributed by atoms with E-state index in [1.165, 1.54) is 6.07 Å². The zero-order valence-electron chi connectivity index (χ0n) is 13.7. The Balaban J connectivity index is 2.27. The normalized spacial score (nSPS) is 17.9. The standard InChI is InChI=1S/C15H23N3O4S/c1-11-8-13(18(19)20)9-14(12(11)2)23(21,22)17-10-15(3)4-6-16-7-5-15/h8-9,16-17H,4-7,10H2,1-3H3. The summed E-state index contributed by atoms with van der Waals surface area (Å²) in [5, 5.41) is 14.2. The van der Waals surface area contributed by atoms with Crippen molar-refractivity contribution in [1.82, 2.24) is 10.0 Å². The smallest absolute Gasteiger partial charge is 0.271 e. The molecule has 0 atom stereocenters. The Morgan fingerprint density at radius 2 is 1.91 bits per heavy atom. The van der Waals surface area contributed by atoms with Gasteiger partial charge in [0.1, 0.15) is 0 Å². The maximum atomic E-state index is 12.6. The van der Waals surface area contributed by atoms with Gasteiger partial charge in [-0.05, 0) is 56.3 Å². The van der Waals surface area contributed by atoms with Crippen molar-refractivity contribution in [3.63, 3.8) is 0 Å². The lowest BCUT2D eigenvalue weighted by Gasteiger charge is -2.34. The van der Waals surface area contributed by atoms with Crippen molar-refractivity contribution >= 4 is 15.7 Å². The molecule has 1 heterocycles. The average molecular weight is 341 g/mol. The largest absolute Gasteiger partial charge is 0.317 e. The molecule has 0 aliphatic carbocycles. The summed E-state index contributed by atoms with van der Waals surface area (Å²) in [6.45, 7) is 7.47. The van der Waals surface area contributed by atoms with Crippen molar-refractivity contribution in [2.24, 2.45) is 5.41 Å². The van der Waals surface area contributed by atoms with E-state index in [4.69, 9.17) is 0 Å². The molecule has 2 rings (SSSR count). The third kappa shape index (κ3) is 4.07. The van der Waals surface area contributed by atoms with Crippen molar-refractivity contribution in [3.05, 3.63) is 33.4 Å². The van der Waals surface area contributed by atoms with Gasteiger partial charge in [-0.1, -0.05) is 6.92 Å². The van der Waals surface area contributed by atoms with Gasteiger partial charge in [-0.25, -0.2) is 13.1 Å². The number of aryl methyl sites for hydroxylation is 1. The first kappa shape index (κ1) is 17.8. The maximum absolute atomic E-state index is 12.6. The number of nitro benzene ring substituents is 1. The number of hydrogen-bond donors (Lipinski definition) is 2. The zero-order chi connectivity index (χ0) is 17.3. The molecule has 23 heavy (non-hydrogen) atoms. The molecule has 0 bridgehead atoms. The summed E-state index contributed by atoms with van der Waals surface area (Å²) in [4.78, 5) is 10.4. The van der Waals surface area contributed by atoms with Gasteiger partial charge in [-0.2, -0.15) is 0 Å². The van der Waals surface area contributed by atoms with Gasteiger partial charge in [0, 0.05) is 18.7 Å². The molecule has 1 fully saturated rings. The molecule has 1 aromatic carbocycles. The van der Waals surface area contributed by atoms with Crippen molar-refractivity contribution in [2.75, 3.05) is 19.6 Å². The highest BCUT2D eigenvalue weighted by Crippen LogP contribution is 2.29. The second-order valence-electron chi connectivity index (χ2n) is 6.53. The number of sulfonamides is 1. The van der Waals surface area contributed by atoms with Gasteiger partial charge in [0.05, 0.1) is 9.82 Å². The van der Waals surface area contributed by atoms with Crippen molar-refractivity contribution in [1.29, 1.82) is 0 Å². The number of hydrogen-bond acceptors (Lipinski definition) is 5. The van der Waals surface area contributed by atoms with Crippen LogP contribution in [0.5, 0.6) is 0 Å². The van der Waals surface area contributed by atoms with Gasteiger partial charge < -0.3 is 5.32 Å². The Hall–Kier alpha value is -1.51. The summed E-state index contributed by atoms with van der Waals surface area (Å²) >= 11 is 0. The Morgan fingerprint density at radius 3 is 2.48 bits per heavy atom. The summed E-state index contributed by atoms with van der Waals surface area (Å²) in [6.07, 6.45) is 1.78. The van der Waals surface area contributed by atoms with Crippen LogP contribution in [0.15, 0.2) is 17.0 Å². The van der Waals surface area contributed by atoms with Crippen LogP contribution >= 0.6 is 0 Å². The summed E-state index contributed by atoms with van der Waals surface area (Å²) in [7, 11) is -3.78. The lowest BCUT2D eigenvalue weighted by molar-refractivity contribution is -0.385. The number of nitrogens with one attached hydrogen (secondary N) is 2. The molecule has 1 aliphatic heterocycles. The number of nitro groups is 1. The van der Waals surface area contributed by atoms with Crippen molar-refractivity contribution in [3.8, 4) is 0 Å². The molecule has 0 saturated carbocycles. The fraction of sp³-hybridized carbons (Fsp3) is 0.600. The zero-order valence-corrected chi connectivity index (χ0v) is 14.5. The second-order valence-corrected chi connectivity index (χ2v) is 8.26. The molecule has 0 aromatic heterocycles. The summed E-state index contributed by atoms with van der Waals surface area (Å²) < 4.78 is 27.9. The monoisotopic (exact) mass is 341 g/mol. The molecule has 7 nitrogen and oxygen atoms in total. The van der Waals surface area contributed by atoms with Gasteiger partial charge in [-0.3, -0.25) is 10.1 Å². The predicted molar refractivity (Wildman–Crippen MR) is 88.0 cm³/mol. The number of rotatable bonds is 5. The highest BCUT2D eigenvalue weighted by Gasteiger charge is 2.30. The summed E-state index contributed by atoms with van der Waals surface area (Å²) in [5.74, 6) is 0. The molecule has 128 valence electrons. The van der Waals surface area contributed by atoms with Crippen LogP contribution in [0.2, 0.25) is 0 Å². The van der Waals surface area contributed by atoms with E-state index in [0.717, 1.165) is 32.0 Å². The number of piperidine rings is 1. The minimum Gasteiger partial charge on any atom is -0.317 e. The lowest BCUT2D eigenvalue weighted by atomic mass is 9.81. The van der Waals surface area contributed by atoms with E-state index in [9.17, 15) is 18.5 Å². The predicted octanol–water partition coefficient (Wildman–Crippen LogP) is 1.88. The number of non-ortho nitro benzene ring substituents is 1. The van der Waals surface area contributed by atoms with Gasteiger partial charge >= 0.3 is 0 Å². The van der Waals surface area contributed by atoms with Crippen LogP contribution in [0.3, 0.4) is 0 Å². The van der Waals surface area contributed by atoms with E-state index in [1.54, 1.807) is 13.8 Å². The molecule has 0 amide bonds. The van der Waals surface area contributed by atoms with Crippen molar-refractivity contribution in [2.45, 2.75) is 38.5 Å². The van der Waals surface area contributed by atoms with Crippen LogP contribution in [0.1, 0.15) is 30.9 Å². The van der Waals surface area contributed by atoms with E-state index in [-0.39, 0.29) is 16.0 Å². The van der Waals surface area contributed by atoms with Crippen molar-refractivity contribution < 1.29 is 13.3 Å². The van der Waals surface area contributed by atoms with Crippen LogP contribution in [0.4, 0.5) is 5.69 Å². The minimum atomic E-state index is -3.78. The summed E-state index contributed by atoms with van der Waals surface area (Å²) in [5.41, 5.74) is 0.829. The average Bonchev–Trinajstić information content (AvgIpc) is 2.48. The maximum Gasteiger partial charge on any atom is 0.271 e. The first-order valence-electron chi connectivity index (χ1n) is 7.61. The molecule has 0 radical (unpaired) electrons. The summed E-state index contributed by atoms with van der Waals surface area (Å²) in [6, 6.07) is 2.53. The molecular formula is C15H23N3O4S. The minimum absolute atomic E-state index is 0.0123. The molecule has 1 saturated heterocycles. The Labute approximate surface area is 136 Å². The molecule has 0 spiro atoms. The fourth-order valence-corrected chi connectivity index (χ4v) is 4.28. The molecule has 2 N–H and O–H groups in total. The van der Waals surface area contributed by atoms with E-state index in [1.807, 2.05) is 0 Å². The third-order valence-electron chi connectivity index (χ3n) is 4.60.